The van der Waals surface area contributed by atoms with Crippen molar-refractivity contribution in [1.29, 1.82) is 0 Å². The van der Waals surface area contributed by atoms with E-state index < -0.39 is 6.10 Å². The second-order valence-corrected chi connectivity index (χ2v) is 3.33. The van der Waals surface area contributed by atoms with Gasteiger partial charge in [0.15, 0.2) is 0 Å². The zero-order valence-corrected chi connectivity index (χ0v) is 8.16. The van der Waals surface area contributed by atoms with Crippen LogP contribution in [0.25, 0.3) is 0 Å². The maximum absolute atomic E-state index is 11.2. The molecule has 0 aliphatic heterocycles. The van der Waals surface area contributed by atoms with Crippen LogP contribution in [0.4, 0.5) is 4.79 Å². The largest absolute Gasteiger partial charge is 0.392 e. The molecule has 0 aromatic heterocycles. The highest BCUT2D eigenvalue weighted by molar-refractivity contribution is 5.74. The Morgan fingerprint density at radius 3 is 2.33 bits per heavy atom. The van der Waals surface area contributed by atoms with Gasteiger partial charge in [0.1, 0.15) is 0 Å². The van der Waals surface area contributed by atoms with E-state index in [9.17, 15) is 4.79 Å². The highest BCUT2D eigenvalue weighted by Crippen LogP contribution is 1.90. The van der Waals surface area contributed by atoms with Crippen LogP contribution >= 0.6 is 0 Å². The van der Waals surface area contributed by atoms with Crippen molar-refractivity contribution in [3.63, 3.8) is 0 Å². The van der Waals surface area contributed by atoms with Crippen molar-refractivity contribution < 1.29 is 9.90 Å². The molecule has 12 heavy (non-hydrogen) atoms. The molecular formula is C8H18N2O2. The Morgan fingerprint density at radius 1 is 1.50 bits per heavy atom. The summed E-state index contributed by atoms with van der Waals surface area (Å²) in [6, 6.07) is -0.0140. The number of urea groups is 1. The summed E-state index contributed by atoms with van der Waals surface area (Å²) in [5.41, 5.74) is 0. The van der Waals surface area contributed by atoms with E-state index in [0.717, 1.165) is 0 Å². The molecule has 0 saturated carbocycles. The van der Waals surface area contributed by atoms with Gasteiger partial charge in [-0.1, -0.05) is 0 Å². The first-order chi connectivity index (χ1) is 5.43. The Hall–Kier alpha value is -0.770. The minimum Gasteiger partial charge on any atom is -0.392 e. The van der Waals surface area contributed by atoms with E-state index in [-0.39, 0.29) is 12.1 Å². The summed E-state index contributed by atoms with van der Waals surface area (Å²) in [6.45, 7) is 5.81. The summed E-state index contributed by atoms with van der Waals surface area (Å²) < 4.78 is 0. The van der Waals surface area contributed by atoms with Crippen LogP contribution in [0.15, 0.2) is 0 Å². The molecule has 0 saturated heterocycles. The first-order valence-electron chi connectivity index (χ1n) is 4.13. The third-order valence-corrected chi connectivity index (χ3v) is 1.30. The molecule has 1 atom stereocenters. The fraction of sp³-hybridized carbons (Fsp3) is 0.875. The van der Waals surface area contributed by atoms with Gasteiger partial charge in [-0.3, -0.25) is 0 Å². The SMILES string of the molecule is CC(O)CN(C)C(=O)NC(C)C. The van der Waals surface area contributed by atoms with Gasteiger partial charge < -0.3 is 15.3 Å². The standard InChI is InChI=1S/C8H18N2O2/c1-6(2)9-8(12)10(4)5-7(3)11/h6-7,11H,5H2,1-4H3,(H,9,12). The van der Waals surface area contributed by atoms with Gasteiger partial charge in [-0.25, -0.2) is 4.79 Å². The number of hydrogen-bond acceptors (Lipinski definition) is 2. The molecule has 2 amide bonds. The number of carbonyl (C=O) groups is 1. The summed E-state index contributed by atoms with van der Waals surface area (Å²) in [6.07, 6.45) is -0.479. The molecule has 72 valence electrons. The number of aliphatic hydroxyl groups excluding tert-OH is 1. The lowest BCUT2D eigenvalue weighted by atomic mass is 10.4. The van der Waals surface area contributed by atoms with Crippen LogP contribution in [0.2, 0.25) is 0 Å². The van der Waals surface area contributed by atoms with Crippen LogP contribution in [0.3, 0.4) is 0 Å². The van der Waals surface area contributed by atoms with Crippen molar-refractivity contribution in [3.05, 3.63) is 0 Å². The molecule has 0 bridgehead atoms. The Labute approximate surface area is 73.6 Å². The summed E-state index contributed by atoms with van der Waals surface area (Å²) in [4.78, 5) is 12.7. The van der Waals surface area contributed by atoms with Crippen molar-refractivity contribution in [1.82, 2.24) is 10.2 Å². The summed E-state index contributed by atoms with van der Waals surface area (Å²) >= 11 is 0. The minimum absolute atomic E-state index is 0.133. The first kappa shape index (κ1) is 11.2. The van der Waals surface area contributed by atoms with E-state index in [1.165, 1.54) is 4.90 Å². The average molecular weight is 174 g/mol. The van der Waals surface area contributed by atoms with E-state index in [1.54, 1.807) is 14.0 Å². The predicted molar refractivity (Wildman–Crippen MR) is 48.0 cm³/mol. The van der Waals surface area contributed by atoms with Gasteiger partial charge in [0.05, 0.1) is 6.10 Å². The molecular weight excluding hydrogens is 156 g/mol. The summed E-state index contributed by atoms with van der Waals surface area (Å²) in [5, 5.41) is 11.7. The van der Waals surface area contributed by atoms with Crippen LogP contribution < -0.4 is 5.32 Å². The van der Waals surface area contributed by atoms with Gasteiger partial charge in [0.2, 0.25) is 0 Å². The Balaban J connectivity index is 3.77. The fourth-order valence-electron chi connectivity index (χ4n) is 0.836. The van der Waals surface area contributed by atoms with Gasteiger partial charge in [-0.2, -0.15) is 0 Å². The lowest BCUT2D eigenvalue weighted by molar-refractivity contribution is 0.143. The lowest BCUT2D eigenvalue weighted by Crippen LogP contribution is -2.43. The third-order valence-electron chi connectivity index (χ3n) is 1.30. The maximum Gasteiger partial charge on any atom is 0.317 e. The van der Waals surface area contributed by atoms with Gasteiger partial charge in [0, 0.05) is 19.6 Å². The number of likely N-dealkylation sites (N-methyl/N-ethyl adjacent to an activating group) is 1. The van der Waals surface area contributed by atoms with Crippen LogP contribution in [0.1, 0.15) is 20.8 Å². The third kappa shape index (κ3) is 4.96. The Bertz CT molecular complexity index is 146. The number of hydrogen-bond donors (Lipinski definition) is 2. The van der Waals surface area contributed by atoms with Crippen LogP contribution in [0, 0.1) is 0 Å². The van der Waals surface area contributed by atoms with Gasteiger partial charge in [0.25, 0.3) is 0 Å². The Morgan fingerprint density at radius 2 is 2.00 bits per heavy atom. The molecule has 0 spiro atoms. The quantitative estimate of drug-likeness (QED) is 0.651. The second-order valence-electron chi connectivity index (χ2n) is 3.33. The van der Waals surface area contributed by atoms with E-state index in [0.29, 0.717) is 6.54 Å². The normalized spacial score (nSPS) is 12.8. The number of rotatable bonds is 3. The highest BCUT2D eigenvalue weighted by atomic mass is 16.3. The molecule has 0 fully saturated rings. The molecule has 0 radical (unpaired) electrons. The minimum atomic E-state index is -0.479. The highest BCUT2D eigenvalue weighted by Gasteiger charge is 2.10. The molecule has 4 heteroatoms. The van der Waals surface area contributed by atoms with E-state index in [2.05, 4.69) is 5.32 Å². The molecule has 2 N–H and O–H groups in total. The topological polar surface area (TPSA) is 52.6 Å². The predicted octanol–water partition coefficient (Wildman–Crippen LogP) is 0.417. The number of nitrogens with one attached hydrogen (secondary N) is 1. The second kappa shape index (κ2) is 4.98. The number of amides is 2. The monoisotopic (exact) mass is 174 g/mol. The zero-order valence-electron chi connectivity index (χ0n) is 8.16. The van der Waals surface area contributed by atoms with E-state index in [4.69, 9.17) is 5.11 Å². The summed E-state index contributed by atoms with van der Waals surface area (Å²) in [5.74, 6) is 0. The van der Waals surface area contributed by atoms with Crippen LogP contribution in [0.5, 0.6) is 0 Å². The molecule has 4 nitrogen and oxygen atoms in total. The van der Waals surface area contributed by atoms with Crippen molar-refractivity contribution >= 4 is 6.03 Å². The smallest absolute Gasteiger partial charge is 0.317 e. The molecule has 0 aliphatic rings. The number of aliphatic hydroxyl groups is 1. The van der Waals surface area contributed by atoms with Gasteiger partial charge >= 0.3 is 6.03 Å². The number of carbonyl (C=O) groups excluding carboxylic acids is 1. The average Bonchev–Trinajstić information content (AvgIpc) is 1.84. The van der Waals surface area contributed by atoms with Crippen molar-refractivity contribution in [3.8, 4) is 0 Å². The van der Waals surface area contributed by atoms with Crippen LogP contribution in [-0.4, -0.2) is 41.8 Å². The van der Waals surface area contributed by atoms with Gasteiger partial charge in [-0.05, 0) is 20.8 Å². The molecule has 0 heterocycles. The first-order valence-corrected chi connectivity index (χ1v) is 4.13. The molecule has 1 unspecified atom stereocenters. The molecule has 0 aromatic carbocycles. The molecule has 0 aliphatic carbocycles. The van der Waals surface area contributed by atoms with Crippen molar-refractivity contribution in [2.75, 3.05) is 13.6 Å². The summed E-state index contributed by atoms with van der Waals surface area (Å²) in [7, 11) is 1.66. The van der Waals surface area contributed by atoms with Crippen molar-refractivity contribution in [2.45, 2.75) is 32.9 Å². The van der Waals surface area contributed by atoms with Crippen molar-refractivity contribution in [2.24, 2.45) is 0 Å². The zero-order chi connectivity index (χ0) is 9.72. The Kier molecular flexibility index (Phi) is 4.66. The maximum atomic E-state index is 11.2. The fourth-order valence-corrected chi connectivity index (χ4v) is 0.836. The molecule has 0 rings (SSSR count). The lowest BCUT2D eigenvalue weighted by Gasteiger charge is -2.20. The van der Waals surface area contributed by atoms with Gasteiger partial charge in [-0.15, -0.1) is 0 Å². The number of nitrogens with zero attached hydrogens (tertiary/aromatic N) is 1. The van der Waals surface area contributed by atoms with E-state index in [1.807, 2.05) is 13.8 Å². The van der Waals surface area contributed by atoms with Crippen LogP contribution in [-0.2, 0) is 0 Å². The molecule has 0 aromatic rings. The van der Waals surface area contributed by atoms with E-state index >= 15 is 0 Å².